The van der Waals surface area contributed by atoms with Crippen LogP contribution in [0.3, 0.4) is 0 Å². The minimum atomic E-state index is -3.03. The van der Waals surface area contributed by atoms with E-state index in [9.17, 15) is 8.42 Å². The van der Waals surface area contributed by atoms with E-state index in [1.807, 2.05) is 0 Å². The maximum Gasteiger partial charge on any atom is 0.211 e. The lowest BCUT2D eigenvalue weighted by Crippen LogP contribution is -2.30. The highest BCUT2D eigenvalue weighted by atomic mass is 32.2. The molecule has 1 fully saturated rings. The zero-order valence-corrected chi connectivity index (χ0v) is 10.4. The van der Waals surface area contributed by atoms with Crippen LogP contribution in [0.4, 0.5) is 0 Å². The second-order valence-electron chi connectivity index (χ2n) is 4.36. The Kier molecular flexibility index (Phi) is 5.02. The summed E-state index contributed by atoms with van der Waals surface area (Å²) >= 11 is 0. The summed E-state index contributed by atoms with van der Waals surface area (Å²) in [6.45, 7) is 5.91. The Morgan fingerprint density at radius 3 is 2.53 bits per heavy atom. The van der Waals surface area contributed by atoms with E-state index in [2.05, 4.69) is 23.9 Å². The van der Waals surface area contributed by atoms with Gasteiger partial charge in [-0.25, -0.2) is 13.1 Å². The Morgan fingerprint density at radius 1 is 1.33 bits per heavy atom. The molecule has 1 aliphatic rings. The van der Waals surface area contributed by atoms with Gasteiger partial charge in [0.25, 0.3) is 0 Å². The minimum absolute atomic E-state index is 0.207. The number of nitrogens with one attached hydrogen (secondary N) is 2. The monoisotopic (exact) mass is 234 g/mol. The molecule has 0 aliphatic heterocycles. The molecule has 2 atom stereocenters. The van der Waals surface area contributed by atoms with Gasteiger partial charge in [-0.3, -0.25) is 0 Å². The summed E-state index contributed by atoms with van der Waals surface area (Å²) in [4.78, 5) is 0. The lowest BCUT2D eigenvalue weighted by Gasteiger charge is -2.06. The molecular weight excluding hydrogens is 212 g/mol. The van der Waals surface area contributed by atoms with E-state index < -0.39 is 10.0 Å². The predicted octanol–water partition coefficient (Wildman–Crippen LogP) is 0.704. The second kappa shape index (κ2) is 5.82. The standard InChI is InChI=1S/C10H22N2O2S/c1-3-5-11-6-4-7-15(13,14)12-10-8-9(10)2/h9-12H,3-8H2,1-2H3. The highest BCUT2D eigenvalue weighted by molar-refractivity contribution is 7.89. The number of rotatable bonds is 8. The van der Waals surface area contributed by atoms with Crippen LogP contribution in [0.2, 0.25) is 0 Å². The molecule has 0 aromatic heterocycles. The molecule has 0 saturated heterocycles. The van der Waals surface area contributed by atoms with Crippen molar-refractivity contribution >= 4 is 10.0 Å². The average Bonchev–Trinajstić information content (AvgIpc) is 2.80. The molecule has 1 aliphatic carbocycles. The molecule has 5 heteroatoms. The molecule has 0 radical (unpaired) electrons. The number of hydrogen-bond donors (Lipinski definition) is 2. The lowest BCUT2D eigenvalue weighted by atomic mass is 10.4. The van der Waals surface area contributed by atoms with Gasteiger partial charge in [-0.1, -0.05) is 13.8 Å². The highest BCUT2D eigenvalue weighted by Crippen LogP contribution is 2.29. The number of sulfonamides is 1. The third kappa shape index (κ3) is 5.49. The van der Waals surface area contributed by atoms with E-state index in [1.54, 1.807) is 0 Å². The third-order valence-corrected chi connectivity index (χ3v) is 4.12. The molecule has 2 unspecified atom stereocenters. The van der Waals surface area contributed by atoms with Gasteiger partial charge >= 0.3 is 0 Å². The van der Waals surface area contributed by atoms with Crippen LogP contribution in [0, 0.1) is 5.92 Å². The van der Waals surface area contributed by atoms with Crippen molar-refractivity contribution in [2.45, 2.75) is 39.2 Å². The van der Waals surface area contributed by atoms with Crippen LogP contribution in [-0.2, 0) is 10.0 Å². The van der Waals surface area contributed by atoms with Gasteiger partial charge < -0.3 is 5.32 Å². The second-order valence-corrected chi connectivity index (χ2v) is 6.23. The largest absolute Gasteiger partial charge is 0.317 e. The molecule has 0 spiro atoms. The lowest BCUT2D eigenvalue weighted by molar-refractivity contribution is 0.571. The smallest absolute Gasteiger partial charge is 0.211 e. The van der Waals surface area contributed by atoms with E-state index in [-0.39, 0.29) is 11.8 Å². The predicted molar refractivity (Wildman–Crippen MR) is 62.3 cm³/mol. The van der Waals surface area contributed by atoms with Gasteiger partial charge in [0.1, 0.15) is 0 Å². The van der Waals surface area contributed by atoms with Crippen molar-refractivity contribution in [1.29, 1.82) is 0 Å². The molecule has 0 aromatic carbocycles. The van der Waals surface area contributed by atoms with Crippen LogP contribution in [0.25, 0.3) is 0 Å². The minimum Gasteiger partial charge on any atom is -0.317 e. The van der Waals surface area contributed by atoms with E-state index >= 15 is 0 Å². The zero-order chi connectivity index (χ0) is 11.3. The molecule has 0 heterocycles. The first-order chi connectivity index (χ1) is 7.05. The van der Waals surface area contributed by atoms with Gasteiger partial charge in [0.2, 0.25) is 10.0 Å². The Hall–Kier alpha value is -0.130. The van der Waals surface area contributed by atoms with Crippen LogP contribution >= 0.6 is 0 Å². The van der Waals surface area contributed by atoms with Crippen molar-refractivity contribution < 1.29 is 8.42 Å². The van der Waals surface area contributed by atoms with Gasteiger partial charge in [0.05, 0.1) is 5.75 Å². The molecule has 2 N–H and O–H groups in total. The summed E-state index contributed by atoms with van der Waals surface area (Å²) < 4.78 is 25.8. The maximum atomic E-state index is 11.5. The Bertz CT molecular complexity index is 277. The van der Waals surface area contributed by atoms with Crippen LogP contribution in [0.5, 0.6) is 0 Å². The molecular formula is C10H22N2O2S. The van der Waals surface area contributed by atoms with Gasteiger partial charge in [-0.2, -0.15) is 0 Å². The van der Waals surface area contributed by atoms with Crippen molar-refractivity contribution in [3.05, 3.63) is 0 Å². The van der Waals surface area contributed by atoms with Crippen LogP contribution in [-0.4, -0.2) is 33.3 Å². The summed E-state index contributed by atoms with van der Waals surface area (Å²) in [5.74, 6) is 0.769. The fourth-order valence-electron chi connectivity index (χ4n) is 1.46. The quantitative estimate of drug-likeness (QED) is 0.608. The fraction of sp³-hybridized carbons (Fsp3) is 1.00. The van der Waals surface area contributed by atoms with Crippen molar-refractivity contribution in [2.24, 2.45) is 5.92 Å². The first-order valence-corrected chi connectivity index (χ1v) is 7.41. The van der Waals surface area contributed by atoms with E-state index in [4.69, 9.17) is 0 Å². The first-order valence-electron chi connectivity index (χ1n) is 5.76. The Labute approximate surface area is 92.9 Å². The average molecular weight is 234 g/mol. The van der Waals surface area contributed by atoms with Crippen LogP contribution < -0.4 is 10.0 Å². The molecule has 15 heavy (non-hydrogen) atoms. The molecule has 0 amide bonds. The van der Waals surface area contributed by atoms with Crippen molar-refractivity contribution in [3.8, 4) is 0 Å². The molecule has 0 aromatic rings. The van der Waals surface area contributed by atoms with Crippen molar-refractivity contribution in [3.63, 3.8) is 0 Å². The molecule has 1 saturated carbocycles. The highest BCUT2D eigenvalue weighted by Gasteiger charge is 2.35. The van der Waals surface area contributed by atoms with Gasteiger partial charge in [0.15, 0.2) is 0 Å². The van der Waals surface area contributed by atoms with Crippen LogP contribution in [0.15, 0.2) is 0 Å². The van der Waals surface area contributed by atoms with Crippen molar-refractivity contribution in [1.82, 2.24) is 10.0 Å². The first kappa shape index (κ1) is 12.9. The third-order valence-electron chi connectivity index (χ3n) is 2.63. The summed E-state index contributed by atoms with van der Waals surface area (Å²) in [6, 6.07) is 0.207. The Balaban J connectivity index is 2.08. The SMILES string of the molecule is CCCNCCCS(=O)(=O)NC1CC1C. The van der Waals surface area contributed by atoms with Gasteiger partial charge in [-0.15, -0.1) is 0 Å². The fourth-order valence-corrected chi connectivity index (χ4v) is 2.90. The number of hydrogen-bond acceptors (Lipinski definition) is 3. The van der Waals surface area contributed by atoms with Crippen molar-refractivity contribution in [2.75, 3.05) is 18.8 Å². The summed E-state index contributed by atoms with van der Waals surface area (Å²) in [5.41, 5.74) is 0. The zero-order valence-electron chi connectivity index (χ0n) is 9.62. The van der Waals surface area contributed by atoms with E-state index in [0.29, 0.717) is 12.3 Å². The topological polar surface area (TPSA) is 58.2 Å². The molecule has 0 bridgehead atoms. The normalized spacial score (nSPS) is 25.5. The summed E-state index contributed by atoms with van der Waals surface area (Å²) in [7, 11) is -3.03. The summed E-state index contributed by atoms with van der Waals surface area (Å²) in [5, 5.41) is 3.19. The van der Waals surface area contributed by atoms with E-state index in [1.165, 1.54) is 0 Å². The molecule has 4 nitrogen and oxygen atoms in total. The maximum absolute atomic E-state index is 11.5. The Morgan fingerprint density at radius 2 is 2.00 bits per heavy atom. The van der Waals surface area contributed by atoms with Gasteiger partial charge in [-0.05, 0) is 38.3 Å². The van der Waals surface area contributed by atoms with Gasteiger partial charge in [0, 0.05) is 6.04 Å². The van der Waals surface area contributed by atoms with E-state index in [0.717, 1.165) is 25.9 Å². The molecule has 1 rings (SSSR count). The summed E-state index contributed by atoms with van der Waals surface area (Å²) in [6.07, 6.45) is 2.77. The molecule has 90 valence electrons. The van der Waals surface area contributed by atoms with Crippen LogP contribution in [0.1, 0.15) is 33.1 Å².